The first-order valence-corrected chi connectivity index (χ1v) is 11.6. The van der Waals surface area contributed by atoms with Crippen LogP contribution in [0.3, 0.4) is 0 Å². The van der Waals surface area contributed by atoms with Gasteiger partial charge in [-0.3, -0.25) is 4.79 Å². The van der Waals surface area contributed by atoms with Crippen LogP contribution in [-0.2, 0) is 14.6 Å². The number of nitrogens with zero attached hydrogens (tertiary/aromatic N) is 2. The van der Waals surface area contributed by atoms with Gasteiger partial charge in [-0.2, -0.15) is 0 Å². The molecule has 0 N–H and O–H groups in total. The molecule has 28 heavy (non-hydrogen) atoms. The van der Waals surface area contributed by atoms with Gasteiger partial charge in [-0.1, -0.05) is 35.5 Å². The second-order valence-corrected chi connectivity index (χ2v) is 10.1. The number of hydrogen-bond donors (Lipinski definition) is 0. The Kier molecular flexibility index (Phi) is 5.35. The predicted octanol–water partition coefficient (Wildman–Crippen LogP) is 3.65. The summed E-state index contributed by atoms with van der Waals surface area (Å²) in [6.45, 7) is 0.613. The average molecular weight is 437 g/mol. The fourth-order valence-corrected chi connectivity index (χ4v) is 5.71. The number of halogens is 1. The molecule has 146 valence electrons. The molecule has 0 radical (unpaired) electrons. The first-order chi connectivity index (χ1) is 13.4. The van der Waals surface area contributed by atoms with Crippen molar-refractivity contribution in [3.8, 4) is 0 Å². The van der Waals surface area contributed by atoms with Crippen LogP contribution in [0.2, 0.25) is 5.02 Å². The molecule has 1 fully saturated rings. The fraction of sp³-hybridized carbons (Fsp3) is 0.263. The Labute approximate surface area is 171 Å². The lowest BCUT2D eigenvalue weighted by Gasteiger charge is -2.16. The summed E-state index contributed by atoms with van der Waals surface area (Å²) in [5.41, 5.74) is 1.42. The number of likely N-dealkylation sites (tertiary alicyclic amines) is 1. The lowest BCUT2D eigenvalue weighted by molar-refractivity contribution is -0.127. The molecule has 1 aliphatic rings. The number of carbonyl (C=O) groups is 1. The van der Waals surface area contributed by atoms with Gasteiger partial charge in [0.05, 0.1) is 15.9 Å². The summed E-state index contributed by atoms with van der Waals surface area (Å²) >= 11 is 7.05. The van der Waals surface area contributed by atoms with Crippen molar-refractivity contribution in [1.29, 1.82) is 0 Å². The maximum absolute atomic E-state index is 12.8. The van der Waals surface area contributed by atoms with Crippen LogP contribution < -0.4 is 0 Å². The third-order valence-corrected chi connectivity index (χ3v) is 7.93. The molecule has 4 rings (SSSR count). The van der Waals surface area contributed by atoms with Crippen molar-refractivity contribution in [1.82, 2.24) is 9.88 Å². The van der Waals surface area contributed by atoms with E-state index in [9.17, 15) is 13.2 Å². The molecule has 2 heterocycles. The van der Waals surface area contributed by atoms with Crippen molar-refractivity contribution in [3.05, 3.63) is 53.6 Å². The van der Waals surface area contributed by atoms with E-state index in [-0.39, 0.29) is 23.1 Å². The number of para-hydroxylation sites is 2. The van der Waals surface area contributed by atoms with Crippen molar-refractivity contribution in [2.24, 2.45) is 0 Å². The van der Waals surface area contributed by atoms with Gasteiger partial charge >= 0.3 is 0 Å². The molecule has 1 saturated heterocycles. The molecular formula is C19H17ClN2O4S2. The van der Waals surface area contributed by atoms with Crippen molar-refractivity contribution < 1.29 is 17.6 Å². The molecule has 0 aliphatic carbocycles. The Morgan fingerprint density at radius 2 is 1.96 bits per heavy atom. The van der Waals surface area contributed by atoms with Crippen LogP contribution in [0.4, 0.5) is 0 Å². The maximum atomic E-state index is 12.8. The van der Waals surface area contributed by atoms with E-state index in [2.05, 4.69) is 4.98 Å². The summed E-state index contributed by atoms with van der Waals surface area (Å²) in [7, 11) is -3.50. The summed E-state index contributed by atoms with van der Waals surface area (Å²) in [4.78, 5) is 18.7. The molecule has 1 unspecified atom stereocenters. The van der Waals surface area contributed by atoms with Crippen LogP contribution in [-0.4, -0.2) is 48.3 Å². The van der Waals surface area contributed by atoms with E-state index in [4.69, 9.17) is 16.0 Å². The molecule has 2 aromatic carbocycles. The predicted molar refractivity (Wildman–Crippen MR) is 108 cm³/mol. The molecule has 0 spiro atoms. The van der Waals surface area contributed by atoms with Gasteiger partial charge in [0, 0.05) is 18.1 Å². The zero-order valence-corrected chi connectivity index (χ0v) is 17.1. The average Bonchev–Trinajstić information content (AvgIpc) is 3.34. The second kappa shape index (κ2) is 7.77. The van der Waals surface area contributed by atoms with Gasteiger partial charge in [0.1, 0.15) is 5.52 Å². The molecule has 1 amide bonds. The first-order valence-electron chi connectivity index (χ1n) is 8.69. The molecule has 3 aromatic rings. The van der Waals surface area contributed by atoms with E-state index in [0.717, 1.165) is 5.52 Å². The smallest absolute Gasteiger partial charge is 0.257 e. The normalized spacial score (nSPS) is 17.3. The summed E-state index contributed by atoms with van der Waals surface area (Å²) in [6.07, 6.45) is 0.421. The summed E-state index contributed by atoms with van der Waals surface area (Å²) in [5.74, 6) is 0.0293. The van der Waals surface area contributed by atoms with Crippen molar-refractivity contribution in [2.75, 3.05) is 18.8 Å². The highest BCUT2D eigenvalue weighted by atomic mass is 35.5. The Hall–Kier alpha value is -2.03. The van der Waals surface area contributed by atoms with Crippen molar-refractivity contribution in [3.63, 3.8) is 0 Å². The van der Waals surface area contributed by atoms with Gasteiger partial charge in [-0.05, 0) is 42.8 Å². The van der Waals surface area contributed by atoms with E-state index in [1.165, 1.54) is 23.9 Å². The second-order valence-electron chi connectivity index (χ2n) is 6.49. The lowest BCUT2D eigenvalue weighted by atomic mass is 10.3. The largest absolute Gasteiger partial charge is 0.431 e. The number of thioether (sulfide) groups is 1. The third-order valence-electron chi connectivity index (χ3n) is 4.67. The van der Waals surface area contributed by atoms with Crippen LogP contribution in [0.1, 0.15) is 6.42 Å². The zero-order chi connectivity index (χ0) is 19.7. The number of aromatic nitrogens is 1. The number of benzene rings is 2. The number of fused-ring (bicyclic) bond motifs is 1. The standard InChI is InChI=1S/C19H17ClN2O4S2/c20-13-5-7-14(8-6-13)28(24,25)15-9-10-22(11-15)18(23)12-27-19-21-16-3-1-2-4-17(16)26-19/h1-8,15H,9-12H2. The van der Waals surface area contributed by atoms with Gasteiger partial charge in [0.25, 0.3) is 5.22 Å². The SMILES string of the molecule is O=C(CSc1nc2ccccc2o1)N1CCC(S(=O)(=O)c2ccc(Cl)cc2)C1. The Morgan fingerprint density at radius 3 is 2.71 bits per heavy atom. The van der Waals surface area contributed by atoms with Crippen molar-refractivity contribution in [2.45, 2.75) is 21.8 Å². The molecular weight excluding hydrogens is 420 g/mol. The summed E-state index contributed by atoms with van der Waals surface area (Å²) in [6, 6.07) is 13.5. The van der Waals surface area contributed by atoms with E-state index >= 15 is 0 Å². The highest BCUT2D eigenvalue weighted by Crippen LogP contribution is 2.27. The summed E-state index contributed by atoms with van der Waals surface area (Å²) < 4.78 is 31.2. The van der Waals surface area contributed by atoms with E-state index < -0.39 is 15.1 Å². The zero-order valence-electron chi connectivity index (χ0n) is 14.7. The Balaban J connectivity index is 1.38. The van der Waals surface area contributed by atoms with Gasteiger partial charge in [-0.25, -0.2) is 13.4 Å². The monoisotopic (exact) mass is 436 g/mol. The van der Waals surface area contributed by atoms with E-state index in [1.54, 1.807) is 17.0 Å². The topological polar surface area (TPSA) is 80.5 Å². The number of amides is 1. The Morgan fingerprint density at radius 1 is 1.21 bits per heavy atom. The first kappa shape index (κ1) is 19.3. The molecule has 9 heteroatoms. The van der Waals surface area contributed by atoms with Crippen LogP contribution in [0.5, 0.6) is 0 Å². The minimum absolute atomic E-state index is 0.124. The van der Waals surface area contributed by atoms with Gasteiger partial charge < -0.3 is 9.32 Å². The number of rotatable bonds is 5. The molecule has 6 nitrogen and oxygen atoms in total. The van der Waals surface area contributed by atoms with Crippen molar-refractivity contribution >= 4 is 50.2 Å². The van der Waals surface area contributed by atoms with Crippen LogP contribution >= 0.6 is 23.4 Å². The minimum Gasteiger partial charge on any atom is -0.431 e. The minimum atomic E-state index is -3.50. The number of hydrogen-bond acceptors (Lipinski definition) is 6. The van der Waals surface area contributed by atoms with Gasteiger partial charge in [0.2, 0.25) is 5.91 Å². The van der Waals surface area contributed by atoms with Gasteiger partial charge in [0.15, 0.2) is 15.4 Å². The van der Waals surface area contributed by atoms with E-state index in [0.29, 0.717) is 28.8 Å². The molecule has 1 aliphatic heterocycles. The van der Waals surface area contributed by atoms with Crippen LogP contribution in [0, 0.1) is 0 Å². The van der Waals surface area contributed by atoms with E-state index in [1.807, 2.05) is 24.3 Å². The molecule has 0 saturated carbocycles. The summed E-state index contributed by atoms with van der Waals surface area (Å²) in [5, 5.41) is 0.310. The maximum Gasteiger partial charge on any atom is 0.257 e. The third kappa shape index (κ3) is 3.90. The van der Waals surface area contributed by atoms with Gasteiger partial charge in [-0.15, -0.1) is 0 Å². The highest BCUT2D eigenvalue weighted by molar-refractivity contribution is 7.99. The fourth-order valence-electron chi connectivity index (χ4n) is 3.15. The molecule has 0 bridgehead atoms. The lowest BCUT2D eigenvalue weighted by Crippen LogP contribution is -2.33. The number of oxazole rings is 1. The number of carbonyl (C=O) groups excluding carboxylic acids is 1. The molecule has 1 aromatic heterocycles. The quantitative estimate of drug-likeness (QED) is 0.568. The van der Waals surface area contributed by atoms with Crippen LogP contribution in [0.15, 0.2) is 63.1 Å². The Bertz CT molecular complexity index is 1080. The highest BCUT2D eigenvalue weighted by Gasteiger charge is 2.36. The van der Waals surface area contributed by atoms with Crippen LogP contribution in [0.25, 0.3) is 11.1 Å². The number of sulfone groups is 1. The molecule has 1 atom stereocenters.